The van der Waals surface area contributed by atoms with Gasteiger partial charge in [-0.3, -0.25) is 9.59 Å². The van der Waals surface area contributed by atoms with Gasteiger partial charge in [-0.05, 0) is 26.3 Å². The number of carbonyl (C=O) groups excluding carboxylic acids is 2. The molecule has 0 aromatic carbocycles. The zero-order valence-corrected chi connectivity index (χ0v) is 12.0. The Morgan fingerprint density at radius 2 is 2.16 bits per heavy atom. The molecule has 1 saturated heterocycles. The van der Waals surface area contributed by atoms with Gasteiger partial charge in [0.2, 0.25) is 5.91 Å². The first-order valence-electron chi connectivity index (χ1n) is 6.59. The molecule has 0 spiro atoms. The van der Waals surface area contributed by atoms with E-state index in [4.69, 9.17) is 4.74 Å². The minimum absolute atomic E-state index is 0.0318. The van der Waals surface area contributed by atoms with Crippen molar-refractivity contribution in [2.75, 3.05) is 33.9 Å². The van der Waals surface area contributed by atoms with Crippen molar-refractivity contribution in [1.29, 1.82) is 0 Å². The normalized spacial score (nSPS) is 22.4. The molecule has 2 unspecified atom stereocenters. The second-order valence-electron chi connectivity index (χ2n) is 5.28. The van der Waals surface area contributed by atoms with Crippen molar-refractivity contribution in [1.82, 2.24) is 10.6 Å². The second-order valence-corrected chi connectivity index (χ2v) is 5.28. The van der Waals surface area contributed by atoms with Crippen LogP contribution in [0.3, 0.4) is 0 Å². The maximum absolute atomic E-state index is 12.2. The zero-order valence-electron chi connectivity index (χ0n) is 12.0. The van der Waals surface area contributed by atoms with Gasteiger partial charge in [-0.25, -0.2) is 0 Å². The molecule has 0 bridgehead atoms. The monoisotopic (exact) mass is 272 g/mol. The van der Waals surface area contributed by atoms with E-state index >= 15 is 0 Å². The predicted molar refractivity (Wildman–Crippen MR) is 70.7 cm³/mol. The average molecular weight is 272 g/mol. The third-order valence-electron chi connectivity index (χ3n) is 3.32. The fourth-order valence-electron chi connectivity index (χ4n) is 2.32. The molecule has 110 valence electrons. The quantitative estimate of drug-likeness (QED) is 0.669. The number of amides is 1. The maximum atomic E-state index is 12.2. The van der Waals surface area contributed by atoms with Gasteiger partial charge in [0.25, 0.3) is 0 Å². The summed E-state index contributed by atoms with van der Waals surface area (Å²) < 4.78 is 9.76. The Morgan fingerprint density at radius 1 is 1.42 bits per heavy atom. The smallest absolute Gasteiger partial charge is 0.307 e. The summed E-state index contributed by atoms with van der Waals surface area (Å²) in [5.41, 5.74) is -0.726. The molecule has 1 rings (SSSR count). The number of carbonyl (C=O) groups is 2. The highest BCUT2D eigenvalue weighted by Gasteiger charge is 2.32. The summed E-state index contributed by atoms with van der Waals surface area (Å²) in [5, 5.41) is 6.13. The second kappa shape index (κ2) is 7.45. The number of hydrogen-bond acceptors (Lipinski definition) is 5. The third kappa shape index (κ3) is 5.16. The maximum Gasteiger partial charge on any atom is 0.307 e. The van der Waals surface area contributed by atoms with Crippen LogP contribution in [0.1, 0.15) is 26.2 Å². The predicted octanol–water partition coefficient (Wildman–Crippen LogP) is 0.0704. The lowest BCUT2D eigenvalue weighted by atomic mass is 9.94. The highest BCUT2D eigenvalue weighted by molar-refractivity contribution is 5.81. The van der Waals surface area contributed by atoms with Crippen LogP contribution >= 0.6 is 0 Å². The van der Waals surface area contributed by atoms with Crippen LogP contribution in [0.15, 0.2) is 0 Å². The minimum Gasteiger partial charge on any atom is -0.469 e. The first-order valence-corrected chi connectivity index (χ1v) is 6.59. The van der Waals surface area contributed by atoms with E-state index in [1.807, 2.05) is 0 Å². The lowest BCUT2D eigenvalue weighted by molar-refractivity contribution is -0.143. The largest absolute Gasteiger partial charge is 0.469 e. The molecule has 1 aliphatic heterocycles. The molecule has 0 aliphatic carbocycles. The highest BCUT2D eigenvalue weighted by atomic mass is 16.5. The molecular weight excluding hydrogens is 248 g/mol. The van der Waals surface area contributed by atoms with E-state index in [0.29, 0.717) is 6.54 Å². The number of methoxy groups -OCH3 is 2. The van der Waals surface area contributed by atoms with Crippen molar-refractivity contribution in [2.24, 2.45) is 5.92 Å². The van der Waals surface area contributed by atoms with Gasteiger partial charge in [0.05, 0.1) is 31.6 Å². The number of piperidine rings is 1. The first-order chi connectivity index (χ1) is 9.00. The van der Waals surface area contributed by atoms with Gasteiger partial charge < -0.3 is 20.1 Å². The fourth-order valence-corrected chi connectivity index (χ4v) is 2.32. The van der Waals surface area contributed by atoms with Crippen molar-refractivity contribution in [2.45, 2.75) is 31.7 Å². The van der Waals surface area contributed by atoms with Gasteiger partial charge in [0.15, 0.2) is 0 Å². The summed E-state index contributed by atoms with van der Waals surface area (Å²) in [4.78, 5) is 23.6. The van der Waals surface area contributed by atoms with Crippen LogP contribution in [0.4, 0.5) is 0 Å². The Labute approximate surface area is 114 Å². The summed E-state index contributed by atoms with van der Waals surface area (Å²) in [7, 11) is 2.88. The highest BCUT2D eigenvalue weighted by Crippen LogP contribution is 2.16. The molecule has 1 fully saturated rings. The molecule has 6 heteroatoms. The van der Waals surface area contributed by atoms with Crippen LogP contribution in [0.5, 0.6) is 0 Å². The molecule has 0 aromatic rings. The number of hydrogen-bond donors (Lipinski definition) is 2. The number of nitrogens with one attached hydrogen (secondary N) is 2. The molecule has 0 saturated carbocycles. The van der Waals surface area contributed by atoms with Crippen LogP contribution < -0.4 is 10.6 Å². The Kier molecular flexibility index (Phi) is 6.24. The topological polar surface area (TPSA) is 76.7 Å². The van der Waals surface area contributed by atoms with Crippen molar-refractivity contribution >= 4 is 11.9 Å². The lowest BCUT2D eigenvalue weighted by Crippen LogP contribution is -2.54. The van der Waals surface area contributed by atoms with E-state index in [1.54, 1.807) is 14.0 Å². The van der Waals surface area contributed by atoms with E-state index in [0.717, 1.165) is 19.4 Å². The van der Waals surface area contributed by atoms with Crippen LogP contribution in [-0.4, -0.2) is 51.3 Å². The molecule has 0 aromatic heterocycles. The van der Waals surface area contributed by atoms with Crippen LogP contribution in [-0.2, 0) is 19.1 Å². The van der Waals surface area contributed by atoms with Crippen molar-refractivity contribution in [3.05, 3.63) is 0 Å². The number of esters is 1. The summed E-state index contributed by atoms with van der Waals surface area (Å²) in [6.45, 7) is 3.71. The van der Waals surface area contributed by atoms with E-state index in [1.165, 1.54) is 7.11 Å². The molecule has 1 amide bonds. The van der Waals surface area contributed by atoms with Crippen LogP contribution in [0.25, 0.3) is 0 Å². The zero-order chi connectivity index (χ0) is 14.3. The Bertz CT molecular complexity index is 316. The molecular formula is C13H24N2O4. The Balaban J connectivity index is 2.60. The van der Waals surface area contributed by atoms with Crippen LogP contribution in [0.2, 0.25) is 0 Å². The van der Waals surface area contributed by atoms with E-state index in [2.05, 4.69) is 15.4 Å². The molecule has 2 N–H and O–H groups in total. The molecule has 1 aliphatic rings. The van der Waals surface area contributed by atoms with Gasteiger partial charge in [-0.2, -0.15) is 0 Å². The average Bonchev–Trinajstić information content (AvgIpc) is 2.39. The molecule has 6 nitrogen and oxygen atoms in total. The Hall–Kier alpha value is -1.14. The van der Waals surface area contributed by atoms with Crippen LogP contribution in [0, 0.1) is 5.92 Å². The molecule has 0 radical (unpaired) electrons. The molecule has 19 heavy (non-hydrogen) atoms. The van der Waals surface area contributed by atoms with Gasteiger partial charge in [-0.1, -0.05) is 0 Å². The van der Waals surface area contributed by atoms with E-state index in [-0.39, 0.29) is 30.8 Å². The summed E-state index contributed by atoms with van der Waals surface area (Å²) in [5.74, 6) is -0.431. The standard InChI is InChI=1S/C13H24N2O4/c1-13(9-18-2,7-11(16)19-3)15-12(17)10-5-4-6-14-8-10/h10,14H,4-9H2,1-3H3,(H,15,17). The van der Waals surface area contributed by atoms with Crippen molar-refractivity contribution < 1.29 is 19.1 Å². The van der Waals surface area contributed by atoms with Gasteiger partial charge in [0, 0.05) is 13.7 Å². The summed E-state index contributed by atoms with van der Waals surface area (Å²) in [6, 6.07) is 0. The van der Waals surface area contributed by atoms with E-state index in [9.17, 15) is 9.59 Å². The number of ether oxygens (including phenoxy) is 2. The minimum atomic E-state index is -0.726. The summed E-state index contributed by atoms with van der Waals surface area (Å²) >= 11 is 0. The van der Waals surface area contributed by atoms with Gasteiger partial charge in [0.1, 0.15) is 0 Å². The SMILES string of the molecule is COCC(C)(CC(=O)OC)NC(=O)C1CCCNC1. The third-order valence-corrected chi connectivity index (χ3v) is 3.32. The van der Waals surface area contributed by atoms with Gasteiger partial charge in [-0.15, -0.1) is 0 Å². The first kappa shape index (κ1) is 15.9. The van der Waals surface area contributed by atoms with E-state index < -0.39 is 5.54 Å². The van der Waals surface area contributed by atoms with Crippen molar-refractivity contribution in [3.8, 4) is 0 Å². The molecule has 2 atom stereocenters. The summed E-state index contributed by atoms with van der Waals surface area (Å²) in [6.07, 6.45) is 1.97. The van der Waals surface area contributed by atoms with Crippen molar-refractivity contribution in [3.63, 3.8) is 0 Å². The lowest BCUT2D eigenvalue weighted by Gasteiger charge is -2.32. The Morgan fingerprint density at radius 3 is 2.68 bits per heavy atom. The fraction of sp³-hybridized carbons (Fsp3) is 0.846. The van der Waals surface area contributed by atoms with Gasteiger partial charge >= 0.3 is 5.97 Å². The number of rotatable bonds is 6. The molecule has 1 heterocycles.